The topological polar surface area (TPSA) is 231 Å². The van der Waals surface area contributed by atoms with Crippen LogP contribution in [0.25, 0.3) is 0 Å². The number of carbonyl (C=O) groups excluding carboxylic acids is 3. The fourth-order valence-corrected chi connectivity index (χ4v) is 3.66. The molecule has 1 aromatic heterocycles. The molecule has 0 aliphatic rings. The molecule has 210 valence electrons. The van der Waals surface area contributed by atoms with Crippen molar-refractivity contribution in [3.63, 3.8) is 0 Å². The lowest BCUT2D eigenvalue weighted by Gasteiger charge is -2.26. The second-order valence-electron chi connectivity index (χ2n) is 9.28. The van der Waals surface area contributed by atoms with Crippen LogP contribution in [0.15, 0.2) is 12.5 Å². The van der Waals surface area contributed by atoms with Crippen molar-refractivity contribution in [2.45, 2.75) is 89.4 Å². The second kappa shape index (κ2) is 17.4. The highest BCUT2D eigenvalue weighted by Crippen LogP contribution is 2.09. The van der Waals surface area contributed by atoms with Crippen molar-refractivity contribution in [1.82, 2.24) is 25.9 Å². The Morgan fingerprint density at radius 1 is 0.919 bits per heavy atom. The van der Waals surface area contributed by atoms with Crippen molar-refractivity contribution in [2.24, 2.45) is 23.1 Å². The van der Waals surface area contributed by atoms with E-state index in [1.807, 2.05) is 13.8 Å². The molecule has 1 heterocycles. The molecule has 0 aliphatic heterocycles. The fourth-order valence-electron chi connectivity index (χ4n) is 3.66. The monoisotopic (exact) mass is 524 g/mol. The highest BCUT2D eigenvalue weighted by Gasteiger charge is 2.31. The van der Waals surface area contributed by atoms with Crippen LogP contribution in [-0.2, 0) is 25.6 Å². The predicted octanol–water partition coefficient (Wildman–Crippen LogP) is -0.877. The van der Waals surface area contributed by atoms with E-state index in [0.29, 0.717) is 57.3 Å². The van der Waals surface area contributed by atoms with Gasteiger partial charge in [-0.05, 0) is 57.5 Å². The molecule has 0 saturated carbocycles. The summed E-state index contributed by atoms with van der Waals surface area (Å²) in [4.78, 5) is 57.6. The van der Waals surface area contributed by atoms with E-state index in [9.17, 15) is 24.3 Å². The van der Waals surface area contributed by atoms with E-state index < -0.39 is 47.9 Å². The lowest BCUT2D eigenvalue weighted by atomic mass is 9.98. The Morgan fingerprint density at radius 2 is 1.46 bits per heavy atom. The number of carbonyl (C=O) groups is 4. The van der Waals surface area contributed by atoms with E-state index in [4.69, 9.17) is 17.2 Å². The van der Waals surface area contributed by atoms with Crippen LogP contribution in [0, 0.1) is 5.92 Å². The first-order valence-electron chi connectivity index (χ1n) is 12.9. The Balaban J connectivity index is 3.05. The van der Waals surface area contributed by atoms with Gasteiger partial charge in [-0.25, -0.2) is 9.78 Å². The molecule has 3 amide bonds. The Labute approximate surface area is 218 Å². The third kappa shape index (κ3) is 11.7. The number of carboxylic acids is 1. The molecule has 0 aliphatic carbocycles. The molecule has 5 unspecified atom stereocenters. The third-order valence-corrected chi connectivity index (χ3v) is 6.31. The number of nitrogens with zero attached hydrogens (tertiary/aromatic N) is 1. The molecular weight excluding hydrogens is 480 g/mol. The van der Waals surface area contributed by atoms with Gasteiger partial charge in [-0.1, -0.05) is 20.3 Å². The van der Waals surface area contributed by atoms with Crippen LogP contribution in [0.1, 0.15) is 64.5 Å². The molecule has 1 rings (SSSR count). The number of imidazole rings is 1. The maximum absolute atomic E-state index is 13.3. The number of rotatable bonds is 19. The fraction of sp³-hybridized carbons (Fsp3) is 0.708. The van der Waals surface area contributed by atoms with Gasteiger partial charge >= 0.3 is 5.97 Å². The molecular formula is C24H44N8O5. The molecule has 13 heteroatoms. The van der Waals surface area contributed by atoms with Gasteiger partial charge in [-0.15, -0.1) is 0 Å². The summed E-state index contributed by atoms with van der Waals surface area (Å²) >= 11 is 0. The first-order chi connectivity index (χ1) is 17.6. The van der Waals surface area contributed by atoms with Gasteiger partial charge in [0.15, 0.2) is 0 Å². The van der Waals surface area contributed by atoms with E-state index in [2.05, 4.69) is 25.9 Å². The molecule has 0 saturated heterocycles. The Kier molecular flexibility index (Phi) is 15.1. The minimum Gasteiger partial charge on any atom is -0.480 e. The normalized spacial score (nSPS) is 15.2. The number of carboxylic acid groups (broad SMARTS) is 1. The zero-order chi connectivity index (χ0) is 27.8. The van der Waals surface area contributed by atoms with Crippen LogP contribution in [0.5, 0.6) is 0 Å². The zero-order valence-electron chi connectivity index (χ0n) is 21.9. The smallest absolute Gasteiger partial charge is 0.326 e. The number of hydrogen-bond donors (Lipinski definition) is 8. The van der Waals surface area contributed by atoms with Crippen LogP contribution in [-0.4, -0.2) is 76.0 Å². The summed E-state index contributed by atoms with van der Waals surface area (Å²) in [6, 6.07) is -3.97. The summed E-state index contributed by atoms with van der Waals surface area (Å²) in [5.74, 6) is -2.95. The van der Waals surface area contributed by atoms with Crippen molar-refractivity contribution < 1.29 is 24.3 Å². The van der Waals surface area contributed by atoms with E-state index in [0.717, 1.165) is 0 Å². The number of hydrogen-bond acceptors (Lipinski definition) is 8. The van der Waals surface area contributed by atoms with E-state index in [-0.39, 0.29) is 18.8 Å². The Morgan fingerprint density at radius 3 is 1.97 bits per heavy atom. The number of nitrogens with two attached hydrogens (primary N) is 3. The molecule has 0 fully saturated rings. The molecule has 5 atom stereocenters. The lowest BCUT2D eigenvalue weighted by Crippen LogP contribution is -2.58. The maximum Gasteiger partial charge on any atom is 0.326 e. The molecule has 1 aromatic rings. The quantitative estimate of drug-likeness (QED) is 0.105. The Bertz CT molecular complexity index is 835. The van der Waals surface area contributed by atoms with Gasteiger partial charge in [0, 0.05) is 18.3 Å². The van der Waals surface area contributed by atoms with Crippen molar-refractivity contribution in [3.8, 4) is 0 Å². The van der Waals surface area contributed by atoms with Crippen molar-refractivity contribution in [2.75, 3.05) is 13.1 Å². The van der Waals surface area contributed by atoms with E-state index in [1.54, 1.807) is 0 Å². The van der Waals surface area contributed by atoms with Gasteiger partial charge in [0.05, 0.1) is 12.4 Å². The predicted molar refractivity (Wildman–Crippen MR) is 139 cm³/mol. The van der Waals surface area contributed by atoms with Crippen LogP contribution < -0.4 is 33.2 Å². The zero-order valence-corrected chi connectivity index (χ0v) is 21.9. The number of H-pyrrole nitrogens is 1. The molecule has 0 aromatic carbocycles. The maximum atomic E-state index is 13.3. The summed E-state index contributed by atoms with van der Waals surface area (Å²) in [5.41, 5.74) is 17.7. The molecule has 13 nitrogen and oxygen atoms in total. The highest BCUT2D eigenvalue weighted by atomic mass is 16.4. The van der Waals surface area contributed by atoms with Crippen molar-refractivity contribution in [3.05, 3.63) is 18.2 Å². The molecule has 37 heavy (non-hydrogen) atoms. The second-order valence-corrected chi connectivity index (χ2v) is 9.28. The first kappa shape index (κ1) is 32.0. The van der Waals surface area contributed by atoms with Gasteiger partial charge in [0.2, 0.25) is 17.7 Å². The number of nitrogens with one attached hydrogen (secondary N) is 4. The Hall–Kier alpha value is -3.03. The van der Waals surface area contributed by atoms with Gasteiger partial charge in [-0.3, -0.25) is 14.4 Å². The number of amides is 3. The average Bonchev–Trinajstić information content (AvgIpc) is 3.39. The summed E-state index contributed by atoms with van der Waals surface area (Å²) < 4.78 is 0. The number of aromatic nitrogens is 2. The lowest BCUT2D eigenvalue weighted by molar-refractivity contribution is -0.142. The van der Waals surface area contributed by atoms with Crippen LogP contribution in [0.4, 0.5) is 0 Å². The molecule has 0 radical (unpaired) electrons. The van der Waals surface area contributed by atoms with Crippen LogP contribution in [0.3, 0.4) is 0 Å². The van der Waals surface area contributed by atoms with Gasteiger partial charge in [0.1, 0.15) is 18.1 Å². The third-order valence-electron chi connectivity index (χ3n) is 6.31. The summed E-state index contributed by atoms with van der Waals surface area (Å²) in [7, 11) is 0. The SMILES string of the molecule is CCC(C)C(N)C(=O)NC(CCCCN)C(=O)NC(Cc1cnc[nH]1)C(=O)NC(CCCCN)C(=O)O. The number of unbranched alkanes of at least 4 members (excludes halogenated alkanes) is 2. The molecule has 11 N–H and O–H groups in total. The number of aliphatic carboxylic acids is 1. The van der Waals surface area contributed by atoms with Crippen LogP contribution >= 0.6 is 0 Å². The summed E-state index contributed by atoms with van der Waals surface area (Å²) in [6.07, 6.45) is 6.56. The molecule has 0 spiro atoms. The standard InChI is InChI=1S/C24H44N8O5/c1-3-15(2)20(27)23(35)30-17(8-4-6-10-25)21(33)32-19(12-16-13-28-14-29-16)22(34)31-18(24(36)37)9-5-7-11-26/h13-15,17-20H,3-12,25-27H2,1-2H3,(H,28,29)(H,30,35)(H,31,34)(H,32,33)(H,36,37). The van der Waals surface area contributed by atoms with Gasteiger partial charge < -0.3 is 43.2 Å². The first-order valence-corrected chi connectivity index (χ1v) is 12.9. The van der Waals surface area contributed by atoms with Crippen molar-refractivity contribution >= 4 is 23.7 Å². The highest BCUT2D eigenvalue weighted by molar-refractivity contribution is 5.94. The summed E-state index contributed by atoms with van der Waals surface area (Å²) in [5, 5.41) is 17.5. The minimum atomic E-state index is -1.18. The van der Waals surface area contributed by atoms with Crippen molar-refractivity contribution in [1.29, 1.82) is 0 Å². The van der Waals surface area contributed by atoms with E-state index in [1.165, 1.54) is 12.5 Å². The average molecular weight is 525 g/mol. The summed E-state index contributed by atoms with van der Waals surface area (Å²) in [6.45, 7) is 4.62. The number of aromatic amines is 1. The largest absolute Gasteiger partial charge is 0.480 e. The van der Waals surface area contributed by atoms with Gasteiger partial charge in [0.25, 0.3) is 0 Å². The molecule has 0 bridgehead atoms. The van der Waals surface area contributed by atoms with Crippen LogP contribution in [0.2, 0.25) is 0 Å². The minimum absolute atomic E-state index is 0.0442. The van der Waals surface area contributed by atoms with Gasteiger partial charge in [-0.2, -0.15) is 0 Å². The van der Waals surface area contributed by atoms with E-state index >= 15 is 0 Å².